The summed E-state index contributed by atoms with van der Waals surface area (Å²) >= 11 is 0. The Balaban J connectivity index is 1.61. The van der Waals surface area contributed by atoms with Gasteiger partial charge < -0.3 is 10.2 Å². The summed E-state index contributed by atoms with van der Waals surface area (Å²) in [4.78, 5) is 35.3. The minimum absolute atomic E-state index is 0.0184. The van der Waals surface area contributed by atoms with Gasteiger partial charge in [-0.15, -0.1) is 0 Å². The van der Waals surface area contributed by atoms with Crippen molar-refractivity contribution in [3.05, 3.63) is 53.1 Å². The quantitative estimate of drug-likeness (QED) is 0.883. The van der Waals surface area contributed by atoms with Crippen LogP contribution in [0.15, 0.2) is 30.3 Å². The van der Waals surface area contributed by atoms with E-state index in [0.717, 1.165) is 17.1 Å². The summed E-state index contributed by atoms with van der Waals surface area (Å²) in [5.41, 5.74) is 3.82. The number of nitrogens with zero attached hydrogens (tertiary/aromatic N) is 3. The molecule has 6 nitrogen and oxygen atoms in total. The number of carbonyl (C=O) groups excluding carboxylic acids is 2. The van der Waals surface area contributed by atoms with Crippen molar-refractivity contribution in [1.29, 1.82) is 0 Å². The number of hydrogen-bond donors (Lipinski definition) is 1. The maximum absolute atomic E-state index is 12.5. The lowest BCUT2D eigenvalue weighted by molar-refractivity contribution is -0.126. The molecular weight excluding hydrogens is 340 g/mol. The standard InChI is InChI=1S/C21H26N4O2/c1-13(2)16-5-7-18(8-6-16)25-12-17(10-20(25)26)21(27)22-11-19-23-14(3)9-15(4)24-19/h5-9,13,17H,10-12H2,1-4H3,(H,22,27)/t17-/m1/s1. The fourth-order valence-corrected chi connectivity index (χ4v) is 3.36. The average molecular weight is 366 g/mol. The van der Waals surface area contributed by atoms with Crippen molar-refractivity contribution < 1.29 is 9.59 Å². The van der Waals surface area contributed by atoms with E-state index in [4.69, 9.17) is 0 Å². The van der Waals surface area contributed by atoms with Crippen LogP contribution in [0.5, 0.6) is 0 Å². The zero-order valence-corrected chi connectivity index (χ0v) is 16.3. The van der Waals surface area contributed by atoms with E-state index in [9.17, 15) is 9.59 Å². The van der Waals surface area contributed by atoms with Crippen LogP contribution in [0.1, 0.15) is 49.0 Å². The lowest BCUT2D eigenvalue weighted by Crippen LogP contribution is -2.33. The van der Waals surface area contributed by atoms with E-state index >= 15 is 0 Å². The maximum atomic E-state index is 12.5. The van der Waals surface area contributed by atoms with Crippen LogP contribution in [0.3, 0.4) is 0 Å². The molecule has 27 heavy (non-hydrogen) atoms. The van der Waals surface area contributed by atoms with Crippen molar-refractivity contribution >= 4 is 17.5 Å². The van der Waals surface area contributed by atoms with Crippen LogP contribution in [-0.2, 0) is 16.1 Å². The number of hydrogen-bond acceptors (Lipinski definition) is 4. The molecule has 3 rings (SSSR count). The fraction of sp³-hybridized carbons (Fsp3) is 0.429. The van der Waals surface area contributed by atoms with Gasteiger partial charge in [-0.25, -0.2) is 9.97 Å². The largest absolute Gasteiger partial charge is 0.348 e. The van der Waals surface area contributed by atoms with E-state index in [1.54, 1.807) is 4.90 Å². The van der Waals surface area contributed by atoms with Crippen molar-refractivity contribution in [2.24, 2.45) is 5.92 Å². The van der Waals surface area contributed by atoms with Gasteiger partial charge in [0.25, 0.3) is 0 Å². The van der Waals surface area contributed by atoms with Crippen LogP contribution >= 0.6 is 0 Å². The molecule has 0 saturated carbocycles. The Kier molecular flexibility index (Phi) is 5.54. The van der Waals surface area contributed by atoms with Crippen molar-refractivity contribution in [3.8, 4) is 0 Å². The Morgan fingerprint density at radius 1 is 1.19 bits per heavy atom. The Hall–Kier alpha value is -2.76. The molecule has 2 amide bonds. The monoisotopic (exact) mass is 366 g/mol. The first-order chi connectivity index (χ1) is 12.8. The molecule has 2 aromatic rings. The number of anilines is 1. The highest BCUT2D eigenvalue weighted by atomic mass is 16.2. The van der Waals surface area contributed by atoms with Gasteiger partial charge in [-0.05, 0) is 43.5 Å². The van der Waals surface area contributed by atoms with E-state index in [-0.39, 0.29) is 30.7 Å². The third-order valence-corrected chi connectivity index (χ3v) is 4.82. The van der Waals surface area contributed by atoms with Gasteiger partial charge in [-0.3, -0.25) is 9.59 Å². The van der Waals surface area contributed by atoms with Crippen LogP contribution in [0.25, 0.3) is 0 Å². The molecule has 2 heterocycles. The molecule has 1 aromatic carbocycles. The lowest BCUT2D eigenvalue weighted by Gasteiger charge is -2.17. The summed E-state index contributed by atoms with van der Waals surface area (Å²) in [6, 6.07) is 9.88. The molecule has 1 saturated heterocycles. The summed E-state index contributed by atoms with van der Waals surface area (Å²) in [5, 5.41) is 2.87. The SMILES string of the molecule is Cc1cc(C)nc(CNC(=O)[C@@H]2CC(=O)N(c3ccc(C(C)C)cc3)C2)n1. The van der Waals surface area contributed by atoms with E-state index in [1.807, 2.05) is 44.2 Å². The second-order valence-corrected chi connectivity index (χ2v) is 7.44. The Bertz CT molecular complexity index is 826. The number of carbonyl (C=O) groups is 2. The topological polar surface area (TPSA) is 75.2 Å². The average Bonchev–Trinajstić information content (AvgIpc) is 3.01. The molecule has 1 fully saturated rings. The van der Waals surface area contributed by atoms with Crippen LogP contribution < -0.4 is 10.2 Å². The third kappa shape index (κ3) is 4.51. The van der Waals surface area contributed by atoms with Crippen molar-refractivity contribution in [3.63, 3.8) is 0 Å². The predicted molar refractivity (Wildman–Crippen MR) is 104 cm³/mol. The Morgan fingerprint density at radius 2 is 1.81 bits per heavy atom. The molecule has 0 radical (unpaired) electrons. The molecule has 1 N–H and O–H groups in total. The van der Waals surface area contributed by atoms with E-state index < -0.39 is 0 Å². The van der Waals surface area contributed by atoms with Crippen LogP contribution in [0, 0.1) is 19.8 Å². The van der Waals surface area contributed by atoms with Crippen molar-refractivity contribution in [2.75, 3.05) is 11.4 Å². The number of amides is 2. The normalized spacial score (nSPS) is 16.9. The van der Waals surface area contributed by atoms with Gasteiger partial charge in [0.05, 0.1) is 12.5 Å². The molecule has 0 aliphatic carbocycles. The van der Waals surface area contributed by atoms with Gasteiger partial charge in [0.1, 0.15) is 5.82 Å². The molecule has 1 aliphatic heterocycles. The number of aryl methyl sites for hydroxylation is 2. The zero-order valence-electron chi connectivity index (χ0n) is 16.3. The van der Waals surface area contributed by atoms with Crippen LogP contribution in [0.4, 0.5) is 5.69 Å². The second-order valence-electron chi connectivity index (χ2n) is 7.44. The highest BCUT2D eigenvalue weighted by Gasteiger charge is 2.35. The van der Waals surface area contributed by atoms with E-state index in [2.05, 4.69) is 29.1 Å². The Morgan fingerprint density at radius 3 is 2.41 bits per heavy atom. The van der Waals surface area contributed by atoms with Crippen LogP contribution in [-0.4, -0.2) is 28.3 Å². The van der Waals surface area contributed by atoms with Crippen LogP contribution in [0.2, 0.25) is 0 Å². The van der Waals surface area contributed by atoms with Gasteiger partial charge in [0.2, 0.25) is 11.8 Å². The molecule has 1 aliphatic rings. The third-order valence-electron chi connectivity index (χ3n) is 4.82. The van der Waals surface area contributed by atoms with Gasteiger partial charge in [0, 0.05) is 30.0 Å². The fourth-order valence-electron chi connectivity index (χ4n) is 3.36. The molecule has 6 heteroatoms. The van der Waals surface area contributed by atoms with Gasteiger partial charge in [0.15, 0.2) is 0 Å². The van der Waals surface area contributed by atoms with Gasteiger partial charge in [-0.1, -0.05) is 26.0 Å². The number of nitrogens with one attached hydrogen (secondary N) is 1. The molecular formula is C21H26N4O2. The Labute approximate surface area is 160 Å². The first kappa shape index (κ1) is 19.0. The number of benzene rings is 1. The first-order valence-electron chi connectivity index (χ1n) is 9.32. The molecule has 0 unspecified atom stereocenters. The number of aromatic nitrogens is 2. The molecule has 0 spiro atoms. The molecule has 0 bridgehead atoms. The maximum Gasteiger partial charge on any atom is 0.227 e. The summed E-state index contributed by atoms with van der Waals surface area (Å²) in [7, 11) is 0. The molecule has 142 valence electrons. The molecule has 1 aromatic heterocycles. The first-order valence-corrected chi connectivity index (χ1v) is 9.32. The summed E-state index contributed by atoms with van der Waals surface area (Å²) in [5.74, 6) is 0.529. The predicted octanol–water partition coefficient (Wildman–Crippen LogP) is 2.89. The lowest BCUT2D eigenvalue weighted by atomic mass is 10.0. The van der Waals surface area contributed by atoms with Gasteiger partial charge in [-0.2, -0.15) is 0 Å². The molecule has 1 atom stereocenters. The van der Waals surface area contributed by atoms with Crippen molar-refractivity contribution in [1.82, 2.24) is 15.3 Å². The smallest absolute Gasteiger partial charge is 0.227 e. The number of rotatable bonds is 5. The summed E-state index contributed by atoms with van der Waals surface area (Å²) < 4.78 is 0. The summed E-state index contributed by atoms with van der Waals surface area (Å²) in [6.07, 6.45) is 0.228. The minimum atomic E-state index is -0.354. The van der Waals surface area contributed by atoms with Crippen molar-refractivity contribution in [2.45, 2.75) is 46.6 Å². The zero-order chi connectivity index (χ0) is 19.6. The van der Waals surface area contributed by atoms with E-state index in [0.29, 0.717) is 18.3 Å². The highest BCUT2D eigenvalue weighted by Crippen LogP contribution is 2.27. The van der Waals surface area contributed by atoms with E-state index in [1.165, 1.54) is 5.56 Å². The highest BCUT2D eigenvalue weighted by molar-refractivity contribution is 6.00. The van der Waals surface area contributed by atoms with Gasteiger partial charge >= 0.3 is 0 Å². The second kappa shape index (κ2) is 7.86. The minimum Gasteiger partial charge on any atom is -0.348 e. The summed E-state index contributed by atoms with van der Waals surface area (Å²) in [6.45, 7) is 8.75.